The van der Waals surface area contributed by atoms with Crippen molar-refractivity contribution < 1.29 is 9.53 Å². The van der Waals surface area contributed by atoms with Crippen LogP contribution in [0.1, 0.15) is 39.5 Å². The van der Waals surface area contributed by atoms with Crippen molar-refractivity contribution in [1.82, 2.24) is 5.32 Å². The van der Waals surface area contributed by atoms with Crippen LogP contribution in [0.3, 0.4) is 0 Å². The van der Waals surface area contributed by atoms with Gasteiger partial charge in [0.15, 0.2) is 0 Å². The molecule has 0 saturated heterocycles. The number of ether oxygens (including phenoxy) is 1. The van der Waals surface area contributed by atoms with Crippen molar-refractivity contribution in [3.63, 3.8) is 0 Å². The summed E-state index contributed by atoms with van der Waals surface area (Å²) in [5, 5.41) is 6.44. The monoisotopic (exact) mass is 228 g/mol. The van der Waals surface area contributed by atoms with Crippen molar-refractivity contribution in [2.24, 2.45) is 5.11 Å². The molecule has 1 amide bonds. The van der Waals surface area contributed by atoms with Crippen LogP contribution in [0.2, 0.25) is 0 Å². The highest BCUT2D eigenvalue weighted by atomic mass is 16.5. The lowest BCUT2D eigenvalue weighted by Gasteiger charge is -2.23. The minimum Gasteiger partial charge on any atom is -0.453 e. The van der Waals surface area contributed by atoms with Crippen molar-refractivity contribution in [1.29, 1.82) is 0 Å². The molecule has 0 bridgehead atoms. The highest BCUT2D eigenvalue weighted by Crippen LogP contribution is 2.12. The Morgan fingerprint density at radius 2 is 2.06 bits per heavy atom. The third-order valence-electron chi connectivity index (χ3n) is 2.34. The first-order valence-electron chi connectivity index (χ1n) is 5.58. The van der Waals surface area contributed by atoms with E-state index in [1.807, 2.05) is 13.8 Å². The number of methoxy groups -OCH3 is 1. The molecule has 0 aliphatic rings. The number of hydrogen-bond acceptors (Lipinski definition) is 3. The number of rotatable bonds is 7. The molecule has 0 fully saturated rings. The molecule has 1 N–H and O–H groups in total. The number of amides is 1. The van der Waals surface area contributed by atoms with E-state index in [4.69, 9.17) is 5.53 Å². The highest BCUT2D eigenvalue weighted by molar-refractivity contribution is 5.67. The molecule has 0 aliphatic heterocycles. The zero-order chi connectivity index (χ0) is 12.4. The molecule has 0 spiro atoms. The summed E-state index contributed by atoms with van der Waals surface area (Å²) in [6, 6.07) is -0.345. The molecule has 0 radical (unpaired) electrons. The second kappa shape index (κ2) is 8.85. The quantitative estimate of drug-likeness (QED) is 0.412. The first kappa shape index (κ1) is 14.6. The van der Waals surface area contributed by atoms with Crippen molar-refractivity contribution in [2.45, 2.75) is 51.6 Å². The standard InChI is InChI=1S/C10H20N4O2/c1-4-6-8(12-10(15)16-3)9(7-5-2)13-14-11/h8-9H,4-7H2,1-3H3,(H,12,15)/t8-,9+/m0/s1. The minimum atomic E-state index is -0.479. The molecular formula is C10H20N4O2. The largest absolute Gasteiger partial charge is 0.453 e. The van der Waals surface area contributed by atoms with Crippen molar-refractivity contribution in [3.05, 3.63) is 10.4 Å². The Morgan fingerprint density at radius 3 is 2.50 bits per heavy atom. The van der Waals surface area contributed by atoms with Crippen LogP contribution in [0.5, 0.6) is 0 Å². The van der Waals surface area contributed by atoms with Gasteiger partial charge in [0, 0.05) is 11.0 Å². The van der Waals surface area contributed by atoms with Crippen LogP contribution in [0, 0.1) is 0 Å². The maximum Gasteiger partial charge on any atom is 0.407 e. The molecule has 0 aliphatic carbocycles. The molecule has 0 unspecified atom stereocenters. The SMILES string of the molecule is CCC[C@H](NC(=O)OC)[C@@H](CCC)N=[N+]=[N-]. The molecule has 16 heavy (non-hydrogen) atoms. The van der Waals surface area contributed by atoms with Gasteiger partial charge in [-0.3, -0.25) is 0 Å². The summed E-state index contributed by atoms with van der Waals surface area (Å²) in [7, 11) is 1.32. The van der Waals surface area contributed by atoms with Gasteiger partial charge in [0.05, 0.1) is 13.2 Å². The Kier molecular flexibility index (Phi) is 8.07. The number of carbonyl (C=O) groups is 1. The molecule has 6 nitrogen and oxygen atoms in total. The maximum atomic E-state index is 11.1. The van der Waals surface area contributed by atoms with Crippen LogP contribution in [0.4, 0.5) is 4.79 Å². The van der Waals surface area contributed by atoms with Gasteiger partial charge >= 0.3 is 6.09 Å². The van der Waals surface area contributed by atoms with Gasteiger partial charge in [-0.05, 0) is 18.4 Å². The van der Waals surface area contributed by atoms with E-state index >= 15 is 0 Å². The lowest BCUT2D eigenvalue weighted by Crippen LogP contribution is -2.42. The normalized spacial score (nSPS) is 13.4. The van der Waals surface area contributed by atoms with Crippen LogP contribution < -0.4 is 5.32 Å². The van der Waals surface area contributed by atoms with Crippen LogP contribution in [0.15, 0.2) is 5.11 Å². The van der Waals surface area contributed by atoms with E-state index in [9.17, 15) is 4.79 Å². The summed E-state index contributed by atoms with van der Waals surface area (Å²) in [5.41, 5.74) is 8.49. The summed E-state index contributed by atoms with van der Waals surface area (Å²) in [4.78, 5) is 14.0. The number of hydrogen-bond donors (Lipinski definition) is 1. The van der Waals surface area contributed by atoms with E-state index in [0.29, 0.717) is 0 Å². The van der Waals surface area contributed by atoms with E-state index in [2.05, 4.69) is 20.1 Å². The molecule has 6 heteroatoms. The number of nitrogens with one attached hydrogen (secondary N) is 1. The average molecular weight is 228 g/mol. The Hall–Kier alpha value is -1.42. The van der Waals surface area contributed by atoms with Crippen molar-refractivity contribution in [3.8, 4) is 0 Å². The molecule has 0 heterocycles. The third-order valence-corrected chi connectivity index (χ3v) is 2.34. The molecule has 92 valence electrons. The van der Waals surface area contributed by atoms with E-state index in [1.165, 1.54) is 7.11 Å². The fraction of sp³-hybridized carbons (Fsp3) is 0.900. The van der Waals surface area contributed by atoms with E-state index < -0.39 is 6.09 Å². The molecule has 0 aromatic rings. The molecule has 0 aromatic carbocycles. The van der Waals surface area contributed by atoms with Gasteiger partial charge in [-0.25, -0.2) is 4.79 Å². The summed E-state index contributed by atoms with van der Waals surface area (Å²) >= 11 is 0. The number of alkyl carbamates (subject to hydrolysis) is 1. The zero-order valence-electron chi connectivity index (χ0n) is 10.1. The van der Waals surface area contributed by atoms with Crippen LogP contribution in [0.25, 0.3) is 10.4 Å². The van der Waals surface area contributed by atoms with E-state index in [0.717, 1.165) is 25.7 Å². The Labute approximate surface area is 96.0 Å². The van der Waals surface area contributed by atoms with Gasteiger partial charge in [-0.1, -0.05) is 31.8 Å². The topological polar surface area (TPSA) is 87.1 Å². The first-order valence-corrected chi connectivity index (χ1v) is 5.58. The fourth-order valence-corrected chi connectivity index (χ4v) is 1.58. The zero-order valence-corrected chi connectivity index (χ0v) is 10.1. The average Bonchev–Trinajstić information content (AvgIpc) is 2.28. The Morgan fingerprint density at radius 1 is 1.44 bits per heavy atom. The van der Waals surface area contributed by atoms with Gasteiger partial charge in [-0.2, -0.15) is 0 Å². The molecule has 0 rings (SSSR count). The van der Waals surface area contributed by atoms with Crippen LogP contribution in [-0.4, -0.2) is 25.3 Å². The summed E-state index contributed by atoms with van der Waals surface area (Å²) in [6.45, 7) is 4.03. The molecular weight excluding hydrogens is 208 g/mol. The summed E-state index contributed by atoms with van der Waals surface area (Å²) < 4.78 is 4.55. The Bertz CT molecular complexity index is 251. The van der Waals surface area contributed by atoms with Crippen LogP contribution >= 0.6 is 0 Å². The smallest absolute Gasteiger partial charge is 0.407 e. The Balaban J connectivity index is 4.54. The van der Waals surface area contributed by atoms with Crippen molar-refractivity contribution in [2.75, 3.05) is 7.11 Å². The second-order valence-electron chi connectivity index (χ2n) is 3.59. The molecule has 2 atom stereocenters. The van der Waals surface area contributed by atoms with Gasteiger partial charge in [0.2, 0.25) is 0 Å². The minimum absolute atomic E-state index is 0.145. The predicted octanol–water partition coefficient (Wildman–Crippen LogP) is 2.99. The fourth-order valence-electron chi connectivity index (χ4n) is 1.58. The number of carbonyl (C=O) groups excluding carboxylic acids is 1. The number of azide groups is 1. The number of nitrogens with zero attached hydrogens (tertiary/aromatic N) is 3. The van der Waals surface area contributed by atoms with Gasteiger partial charge < -0.3 is 10.1 Å². The highest BCUT2D eigenvalue weighted by Gasteiger charge is 2.21. The third kappa shape index (κ3) is 5.46. The van der Waals surface area contributed by atoms with E-state index in [-0.39, 0.29) is 12.1 Å². The predicted molar refractivity (Wildman–Crippen MR) is 62.1 cm³/mol. The first-order chi connectivity index (χ1) is 7.69. The second-order valence-corrected chi connectivity index (χ2v) is 3.59. The molecule has 0 saturated carbocycles. The van der Waals surface area contributed by atoms with Crippen LogP contribution in [-0.2, 0) is 4.74 Å². The summed E-state index contributed by atoms with van der Waals surface area (Å²) in [6.07, 6.45) is 2.88. The molecule has 0 aromatic heterocycles. The van der Waals surface area contributed by atoms with E-state index in [1.54, 1.807) is 0 Å². The van der Waals surface area contributed by atoms with Gasteiger partial charge in [-0.15, -0.1) is 0 Å². The lowest BCUT2D eigenvalue weighted by molar-refractivity contribution is 0.163. The summed E-state index contributed by atoms with van der Waals surface area (Å²) in [5.74, 6) is 0. The maximum absolute atomic E-state index is 11.1. The van der Waals surface area contributed by atoms with Gasteiger partial charge in [0.1, 0.15) is 0 Å². The lowest BCUT2D eigenvalue weighted by atomic mass is 10.00. The van der Waals surface area contributed by atoms with Gasteiger partial charge in [0.25, 0.3) is 0 Å². The van der Waals surface area contributed by atoms with Crippen molar-refractivity contribution >= 4 is 6.09 Å².